The average molecular weight is 334 g/mol. The van der Waals surface area contributed by atoms with Crippen LogP contribution in [0.5, 0.6) is 0 Å². The first-order valence-electron chi connectivity index (χ1n) is 7.81. The summed E-state index contributed by atoms with van der Waals surface area (Å²) in [4.78, 5) is 36.2. The number of esters is 1. The molecule has 7 heteroatoms. The smallest absolute Gasteiger partial charge is 0.338 e. The maximum Gasteiger partial charge on any atom is 0.338 e. The molecule has 1 N–H and O–H groups in total. The van der Waals surface area contributed by atoms with Gasteiger partial charge in [0.15, 0.2) is 0 Å². The van der Waals surface area contributed by atoms with E-state index >= 15 is 0 Å². The number of nitrogens with one attached hydrogen (secondary N) is 1. The highest BCUT2D eigenvalue weighted by Crippen LogP contribution is 2.21. The highest BCUT2D eigenvalue weighted by molar-refractivity contribution is 6.00. The van der Waals surface area contributed by atoms with E-state index in [2.05, 4.69) is 15.0 Å². The minimum atomic E-state index is -0.395. The molecular weight excluding hydrogens is 320 g/mol. The molecule has 124 valence electrons. The van der Waals surface area contributed by atoms with Gasteiger partial charge in [-0.25, -0.2) is 14.8 Å². The molecule has 0 aliphatic carbocycles. The van der Waals surface area contributed by atoms with Gasteiger partial charge < -0.3 is 9.72 Å². The summed E-state index contributed by atoms with van der Waals surface area (Å²) in [5.41, 5.74) is 2.30. The van der Waals surface area contributed by atoms with Crippen molar-refractivity contribution in [1.82, 2.24) is 19.5 Å². The van der Waals surface area contributed by atoms with Gasteiger partial charge in [-0.3, -0.25) is 9.36 Å². The summed E-state index contributed by atoms with van der Waals surface area (Å²) in [6.45, 7) is 2.06. The number of benzene rings is 1. The van der Waals surface area contributed by atoms with Crippen LogP contribution in [-0.2, 0) is 4.74 Å². The van der Waals surface area contributed by atoms with Crippen LogP contribution < -0.4 is 5.56 Å². The van der Waals surface area contributed by atoms with Crippen molar-refractivity contribution in [2.24, 2.45) is 0 Å². The molecule has 4 rings (SSSR count). The maximum atomic E-state index is 12.9. The summed E-state index contributed by atoms with van der Waals surface area (Å²) < 4.78 is 6.49. The quantitative estimate of drug-likeness (QED) is 0.581. The van der Waals surface area contributed by atoms with Gasteiger partial charge in [-0.05, 0) is 43.3 Å². The van der Waals surface area contributed by atoms with Crippen LogP contribution in [0.15, 0.2) is 53.7 Å². The molecule has 0 radical (unpaired) electrons. The van der Waals surface area contributed by atoms with Gasteiger partial charge in [0.1, 0.15) is 16.7 Å². The van der Waals surface area contributed by atoms with Crippen molar-refractivity contribution < 1.29 is 9.53 Å². The van der Waals surface area contributed by atoms with Gasteiger partial charge in [0.05, 0.1) is 24.2 Å². The predicted octanol–water partition coefficient (Wildman–Crippen LogP) is 2.44. The predicted molar refractivity (Wildman–Crippen MR) is 92.9 cm³/mol. The van der Waals surface area contributed by atoms with E-state index in [1.807, 2.05) is 6.07 Å². The summed E-state index contributed by atoms with van der Waals surface area (Å²) in [6.07, 6.45) is 3.12. The molecule has 0 aliphatic rings. The van der Waals surface area contributed by atoms with Crippen LogP contribution in [0.2, 0.25) is 0 Å². The Hall–Kier alpha value is -3.48. The van der Waals surface area contributed by atoms with Crippen molar-refractivity contribution in [3.05, 3.63) is 64.8 Å². The summed E-state index contributed by atoms with van der Waals surface area (Å²) in [5, 5.41) is 0.771. The van der Waals surface area contributed by atoms with Gasteiger partial charge in [0, 0.05) is 11.6 Å². The molecule has 0 saturated carbocycles. The summed E-state index contributed by atoms with van der Waals surface area (Å²) >= 11 is 0. The fourth-order valence-corrected chi connectivity index (χ4v) is 2.83. The number of aromatic amines is 1. The molecule has 0 saturated heterocycles. The van der Waals surface area contributed by atoms with Crippen LogP contribution in [0.1, 0.15) is 17.3 Å². The first kappa shape index (κ1) is 15.1. The Morgan fingerprint density at radius 3 is 2.76 bits per heavy atom. The molecule has 0 unspecified atom stereocenters. The molecule has 3 heterocycles. The van der Waals surface area contributed by atoms with Gasteiger partial charge in [0.25, 0.3) is 5.56 Å². The zero-order valence-electron chi connectivity index (χ0n) is 13.4. The Bertz CT molecular complexity index is 1140. The van der Waals surface area contributed by atoms with Crippen LogP contribution in [0.25, 0.3) is 27.8 Å². The molecule has 1 aromatic carbocycles. The molecule has 3 aromatic heterocycles. The van der Waals surface area contributed by atoms with Crippen molar-refractivity contribution >= 4 is 28.0 Å². The topological polar surface area (TPSA) is 89.9 Å². The monoisotopic (exact) mass is 334 g/mol. The Balaban J connectivity index is 1.95. The zero-order valence-corrected chi connectivity index (χ0v) is 13.4. The zero-order chi connectivity index (χ0) is 17.4. The number of pyridine rings is 2. The molecule has 0 amide bonds. The number of carbonyl (C=O) groups excluding carboxylic acids is 1. The molecule has 4 aromatic rings. The molecular formula is C18H14N4O3. The first-order chi connectivity index (χ1) is 12.2. The van der Waals surface area contributed by atoms with E-state index in [-0.39, 0.29) is 5.56 Å². The van der Waals surface area contributed by atoms with Crippen molar-refractivity contribution in [2.45, 2.75) is 6.92 Å². The van der Waals surface area contributed by atoms with Gasteiger partial charge in [-0.15, -0.1) is 0 Å². The van der Waals surface area contributed by atoms with E-state index < -0.39 is 5.97 Å². The van der Waals surface area contributed by atoms with Crippen LogP contribution >= 0.6 is 0 Å². The maximum absolute atomic E-state index is 12.9. The number of imidazole rings is 1. The normalized spacial score (nSPS) is 11.1. The second-order valence-corrected chi connectivity index (χ2v) is 5.41. The van der Waals surface area contributed by atoms with Crippen molar-refractivity contribution in [3.8, 4) is 5.69 Å². The third-order valence-corrected chi connectivity index (χ3v) is 3.95. The van der Waals surface area contributed by atoms with E-state index in [1.165, 1.54) is 10.9 Å². The molecule has 0 fully saturated rings. The number of H-pyrrole nitrogens is 1. The Labute approximate surface area is 141 Å². The average Bonchev–Trinajstić information content (AvgIpc) is 3.13. The van der Waals surface area contributed by atoms with E-state index in [1.54, 1.807) is 43.5 Å². The van der Waals surface area contributed by atoms with Gasteiger partial charge in [-0.2, -0.15) is 0 Å². The van der Waals surface area contributed by atoms with E-state index in [0.29, 0.717) is 34.5 Å². The summed E-state index contributed by atoms with van der Waals surface area (Å²) in [5.74, 6) is -0.395. The Kier molecular flexibility index (Phi) is 3.53. The number of hydrogen-bond donors (Lipinski definition) is 1. The first-order valence-corrected chi connectivity index (χ1v) is 7.81. The molecule has 0 bridgehead atoms. The van der Waals surface area contributed by atoms with Crippen molar-refractivity contribution in [3.63, 3.8) is 0 Å². The highest BCUT2D eigenvalue weighted by atomic mass is 16.5. The fourth-order valence-electron chi connectivity index (χ4n) is 2.83. The number of nitrogens with zero attached hydrogens (tertiary/aromatic N) is 3. The molecule has 0 spiro atoms. The lowest BCUT2D eigenvalue weighted by Gasteiger charge is -2.10. The second-order valence-electron chi connectivity index (χ2n) is 5.41. The van der Waals surface area contributed by atoms with E-state index in [4.69, 9.17) is 4.74 Å². The number of hydrogen-bond acceptors (Lipinski definition) is 5. The molecule has 0 atom stereocenters. The Morgan fingerprint density at radius 1 is 1.20 bits per heavy atom. The SMILES string of the molecule is CCOC(=O)c1ccc(-n2c(=O)c3[nH]cnc3c3cccnc32)cc1. The number of ether oxygens (including phenoxy) is 1. The largest absolute Gasteiger partial charge is 0.462 e. The molecule has 25 heavy (non-hydrogen) atoms. The number of fused-ring (bicyclic) bond motifs is 3. The van der Waals surface area contributed by atoms with Gasteiger partial charge in [0.2, 0.25) is 0 Å². The Morgan fingerprint density at radius 2 is 2.00 bits per heavy atom. The summed E-state index contributed by atoms with van der Waals surface area (Å²) in [6, 6.07) is 10.3. The minimum Gasteiger partial charge on any atom is -0.462 e. The van der Waals surface area contributed by atoms with E-state index in [9.17, 15) is 9.59 Å². The number of carbonyl (C=O) groups is 1. The van der Waals surface area contributed by atoms with Crippen LogP contribution in [0, 0.1) is 0 Å². The highest BCUT2D eigenvalue weighted by Gasteiger charge is 2.15. The lowest BCUT2D eigenvalue weighted by molar-refractivity contribution is 0.0526. The second kappa shape index (κ2) is 5.86. The van der Waals surface area contributed by atoms with Crippen molar-refractivity contribution in [1.29, 1.82) is 0 Å². The molecule has 7 nitrogen and oxygen atoms in total. The third kappa shape index (κ3) is 2.37. The van der Waals surface area contributed by atoms with Crippen LogP contribution in [0.4, 0.5) is 0 Å². The third-order valence-electron chi connectivity index (χ3n) is 3.95. The minimum absolute atomic E-state index is 0.248. The van der Waals surface area contributed by atoms with Crippen LogP contribution in [-0.4, -0.2) is 32.1 Å². The number of aromatic nitrogens is 4. The lowest BCUT2D eigenvalue weighted by Crippen LogP contribution is -2.20. The molecule has 0 aliphatic heterocycles. The number of rotatable bonds is 3. The fraction of sp³-hybridized carbons (Fsp3) is 0.111. The van der Waals surface area contributed by atoms with Gasteiger partial charge >= 0.3 is 5.97 Å². The van der Waals surface area contributed by atoms with Crippen molar-refractivity contribution in [2.75, 3.05) is 6.61 Å². The summed E-state index contributed by atoms with van der Waals surface area (Å²) in [7, 11) is 0. The standard InChI is InChI=1S/C18H14N4O3/c1-2-25-18(24)11-5-7-12(8-6-11)22-16-13(4-3-9-19-16)14-15(17(22)23)21-10-20-14/h3-10H,2H2,1H3,(H,20,21). The van der Waals surface area contributed by atoms with Gasteiger partial charge in [-0.1, -0.05) is 0 Å². The van der Waals surface area contributed by atoms with Crippen LogP contribution in [0.3, 0.4) is 0 Å². The lowest BCUT2D eigenvalue weighted by atomic mass is 10.2. The van der Waals surface area contributed by atoms with E-state index in [0.717, 1.165) is 5.39 Å².